The highest BCUT2D eigenvalue weighted by molar-refractivity contribution is 7.90. The van der Waals surface area contributed by atoms with Gasteiger partial charge in [-0.05, 0) is 62.9 Å². The first kappa shape index (κ1) is 21.3. The second-order valence-corrected chi connectivity index (χ2v) is 9.76. The quantitative estimate of drug-likeness (QED) is 0.718. The zero-order chi connectivity index (χ0) is 21.2. The number of sulfonamides is 1. The van der Waals surface area contributed by atoms with Crippen molar-refractivity contribution in [3.8, 4) is 16.9 Å². The van der Waals surface area contributed by atoms with E-state index in [0.717, 1.165) is 6.42 Å². The molecule has 1 aliphatic carbocycles. The number of halogens is 1. The lowest BCUT2D eigenvalue weighted by atomic mass is 10.0. The van der Waals surface area contributed by atoms with Crippen LogP contribution in [0.4, 0.5) is 4.39 Å². The van der Waals surface area contributed by atoms with Crippen molar-refractivity contribution in [3.63, 3.8) is 0 Å². The van der Waals surface area contributed by atoms with Crippen LogP contribution in [0.1, 0.15) is 43.5 Å². The number of amides is 1. The summed E-state index contributed by atoms with van der Waals surface area (Å²) in [5.41, 5.74) is 6.45. The van der Waals surface area contributed by atoms with E-state index in [1.54, 1.807) is 44.2 Å². The van der Waals surface area contributed by atoms with E-state index in [-0.39, 0.29) is 12.1 Å². The van der Waals surface area contributed by atoms with Crippen LogP contribution in [0.5, 0.6) is 5.75 Å². The molecule has 1 fully saturated rings. The monoisotopic (exact) mass is 420 g/mol. The number of nitrogens with one attached hydrogen (secondary N) is 1. The second-order valence-electron chi connectivity index (χ2n) is 7.49. The first-order valence-electron chi connectivity index (χ1n) is 9.55. The van der Waals surface area contributed by atoms with Crippen molar-refractivity contribution in [2.24, 2.45) is 5.73 Å². The number of benzene rings is 2. The Kier molecular flexibility index (Phi) is 6.24. The largest absolute Gasteiger partial charge is 0.489 e. The van der Waals surface area contributed by atoms with E-state index in [1.165, 1.54) is 12.1 Å². The highest BCUT2D eigenvalue weighted by atomic mass is 32.2. The normalized spacial score (nSPS) is 19.4. The van der Waals surface area contributed by atoms with Gasteiger partial charge >= 0.3 is 0 Å². The Morgan fingerprint density at radius 3 is 2.62 bits per heavy atom. The maximum Gasteiger partial charge on any atom is 0.248 e. The summed E-state index contributed by atoms with van der Waals surface area (Å²) in [4.78, 5) is 11.3. The molecule has 3 rings (SSSR count). The van der Waals surface area contributed by atoms with Gasteiger partial charge < -0.3 is 10.5 Å². The van der Waals surface area contributed by atoms with Crippen LogP contribution in [0, 0.1) is 5.82 Å². The first-order valence-corrected chi connectivity index (χ1v) is 11.1. The number of ether oxygens (including phenoxy) is 1. The summed E-state index contributed by atoms with van der Waals surface area (Å²) in [6.07, 6.45) is 1.84. The van der Waals surface area contributed by atoms with Crippen LogP contribution in [0.15, 0.2) is 42.5 Å². The van der Waals surface area contributed by atoms with E-state index in [0.29, 0.717) is 35.3 Å². The van der Waals surface area contributed by atoms with Crippen LogP contribution >= 0.6 is 0 Å². The van der Waals surface area contributed by atoms with Gasteiger partial charge in [0.25, 0.3) is 0 Å². The minimum atomic E-state index is -3.41. The molecule has 0 spiro atoms. The van der Waals surface area contributed by atoms with Gasteiger partial charge in [-0.3, -0.25) is 4.79 Å². The minimum Gasteiger partial charge on any atom is -0.489 e. The van der Waals surface area contributed by atoms with E-state index in [1.807, 2.05) is 0 Å². The Hall–Kier alpha value is -2.45. The average molecular weight is 421 g/mol. The summed E-state index contributed by atoms with van der Waals surface area (Å²) in [7, 11) is -3.41. The molecule has 0 aliphatic heterocycles. The predicted octanol–water partition coefficient (Wildman–Crippen LogP) is 3.22. The van der Waals surface area contributed by atoms with E-state index >= 15 is 0 Å². The summed E-state index contributed by atoms with van der Waals surface area (Å²) in [5.74, 6) is -0.747. The lowest BCUT2D eigenvalue weighted by Gasteiger charge is -2.23. The summed E-state index contributed by atoms with van der Waals surface area (Å²) in [5, 5.41) is -0.531. The molecule has 0 bridgehead atoms. The van der Waals surface area contributed by atoms with Gasteiger partial charge in [0.1, 0.15) is 17.7 Å². The zero-order valence-electron chi connectivity index (χ0n) is 16.4. The highest BCUT2D eigenvalue weighted by Crippen LogP contribution is 2.30. The van der Waals surface area contributed by atoms with E-state index in [9.17, 15) is 17.6 Å². The Bertz CT molecular complexity index is 1010. The summed E-state index contributed by atoms with van der Waals surface area (Å²) < 4.78 is 47.6. The molecule has 0 aromatic heterocycles. The van der Waals surface area contributed by atoms with E-state index in [2.05, 4.69) is 4.72 Å². The first-order chi connectivity index (χ1) is 13.7. The van der Waals surface area contributed by atoms with Crippen molar-refractivity contribution in [3.05, 3.63) is 53.8 Å². The van der Waals surface area contributed by atoms with Gasteiger partial charge in [0.2, 0.25) is 15.9 Å². The molecule has 3 N–H and O–H groups in total. The average Bonchev–Trinajstić information content (AvgIpc) is 3.07. The Balaban J connectivity index is 1.77. The molecule has 2 aromatic carbocycles. The molecule has 2 aromatic rings. The maximum atomic E-state index is 14.7. The zero-order valence-corrected chi connectivity index (χ0v) is 17.2. The van der Waals surface area contributed by atoms with Crippen molar-refractivity contribution >= 4 is 15.9 Å². The van der Waals surface area contributed by atoms with Gasteiger partial charge in [0.15, 0.2) is 0 Å². The molecule has 1 aliphatic rings. The molecule has 1 saturated carbocycles. The molecule has 156 valence electrons. The third kappa shape index (κ3) is 4.94. The number of carbonyl (C=O) groups excluding carboxylic acids is 1. The molecule has 2 atom stereocenters. The molecular weight excluding hydrogens is 395 g/mol. The maximum absolute atomic E-state index is 14.7. The third-order valence-corrected chi connectivity index (χ3v) is 6.95. The molecule has 0 unspecified atom stereocenters. The number of rotatable bonds is 7. The van der Waals surface area contributed by atoms with Gasteiger partial charge in [-0.25, -0.2) is 17.5 Å². The summed E-state index contributed by atoms with van der Waals surface area (Å²) in [6.45, 7) is 3.24. The number of hydrogen-bond donors (Lipinski definition) is 2. The fourth-order valence-corrected chi connectivity index (χ4v) is 4.33. The fourth-order valence-electron chi connectivity index (χ4n) is 3.37. The molecule has 6 nitrogen and oxygen atoms in total. The highest BCUT2D eigenvalue weighted by Gasteiger charge is 2.33. The molecule has 0 heterocycles. The summed E-state index contributed by atoms with van der Waals surface area (Å²) in [6, 6.07) is 10.6. The number of hydrogen-bond acceptors (Lipinski definition) is 4. The standard InChI is InChI=1S/C21H25FN2O4S/c1-13(2)29(26,27)24-19-7-4-8-20(19)28-16-9-10-17(18(22)12-16)14-5-3-6-15(11-14)21(23)25/h3,5-6,9-13,19-20,24H,4,7-8H2,1-2H3,(H2,23,25)/t19-,20+/m0/s1. The van der Waals surface area contributed by atoms with E-state index in [4.69, 9.17) is 10.5 Å². The van der Waals surface area contributed by atoms with Gasteiger partial charge in [-0.2, -0.15) is 0 Å². The minimum absolute atomic E-state index is 0.300. The van der Waals surface area contributed by atoms with Gasteiger partial charge in [0.05, 0.1) is 11.3 Å². The molecular formula is C21H25FN2O4S. The van der Waals surface area contributed by atoms with Crippen LogP contribution in [0.2, 0.25) is 0 Å². The SMILES string of the molecule is CC(C)S(=O)(=O)N[C@H]1CCC[C@H]1Oc1ccc(-c2cccc(C(N)=O)c2)c(F)c1. The van der Waals surface area contributed by atoms with Crippen molar-refractivity contribution < 1.29 is 22.3 Å². The van der Waals surface area contributed by atoms with Crippen LogP contribution < -0.4 is 15.2 Å². The Labute approximate surface area is 170 Å². The number of primary amides is 1. The number of nitrogens with two attached hydrogens (primary N) is 1. The van der Waals surface area contributed by atoms with E-state index < -0.39 is 27.0 Å². The predicted molar refractivity (Wildman–Crippen MR) is 110 cm³/mol. The van der Waals surface area contributed by atoms with Crippen LogP contribution in [-0.4, -0.2) is 31.7 Å². The molecule has 0 saturated heterocycles. The van der Waals surface area contributed by atoms with Gasteiger partial charge in [-0.1, -0.05) is 12.1 Å². The van der Waals surface area contributed by atoms with Crippen molar-refractivity contribution in [2.45, 2.75) is 50.5 Å². The van der Waals surface area contributed by atoms with Crippen LogP contribution in [-0.2, 0) is 10.0 Å². The smallest absolute Gasteiger partial charge is 0.248 e. The van der Waals surface area contributed by atoms with Crippen LogP contribution in [0.25, 0.3) is 11.1 Å². The Morgan fingerprint density at radius 1 is 1.21 bits per heavy atom. The topological polar surface area (TPSA) is 98.5 Å². The molecule has 8 heteroatoms. The summed E-state index contributed by atoms with van der Waals surface area (Å²) >= 11 is 0. The van der Waals surface area contributed by atoms with Crippen molar-refractivity contribution in [2.75, 3.05) is 0 Å². The third-order valence-electron chi connectivity index (χ3n) is 5.07. The Morgan fingerprint density at radius 2 is 1.97 bits per heavy atom. The lowest BCUT2D eigenvalue weighted by Crippen LogP contribution is -2.44. The number of carbonyl (C=O) groups is 1. The molecule has 29 heavy (non-hydrogen) atoms. The van der Waals surface area contributed by atoms with Crippen molar-refractivity contribution in [1.29, 1.82) is 0 Å². The second kappa shape index (κ2) is 8.51. The molecule has 0 radical (unpaired) electrons. The fraction of sp³-hybridized carbons (Fsp3) is 0.381. The lowest BCUT2D eigenvalue weighted by molar-refractivity contribution is 0.100. The van der Waals surface area contributed by atoms with Gasteiger partial charge in [-0.15, -0.1) is 0 Å². The van der Waals surface area contributed by atoms with Gasteiger partial charge in [0, 0.05) is 17.2 Å². The molecule has 1 amide bonds. The van der Waals surface area contributed by atoms with Crippen molar-refractivity contribution in [1.82, 2.24) is 4.72 Å². The van der Waals surface area contributed by atoms with Crippen LogP contribution in [0.3, 0.4) is 0 Å².